The Morgan fingerprint density at radius 3 is 2.48 bits per heavy atom. The van der Waals surface area contributed by atoms with Crippen LogP contribution in [0, 0.1) is 6.92 Å². The van der Waals surface area contributed by atoms with Gasteiger partial charge in [0.05, 0.1) is 12.2 Å². The zero-order valence-electron chi connectivity index (χ0n) is 15.7. The molecule has 2 N–H and O–H groups in total. The largest absolute Gasteiger partial charge is 0.493 e. The summed E-state index contributed by atoms with van der Waals surface area (Å²) in [5.41, 5.74) is 6.76. The number of carbonyl (C=O) groups excluding carboxylic acids is 2. The highest BCUT2D eigenvalue weighted by Crippen LogP contribution is 2.19. The normalized spacial score (nSPS) is 10.3. The van der Waals surface area contributed by atoms with Gasteiger partial charge in [-0.3, -0.25) is 20.4 Å². The number of hydrogen-bond donors (Lipinski definition) is 2. The number of ether oxygens (including phenoxy) is 1. The molecule has 0 saturated carbocycles. The average Bonchev–Trinajstić information content (AvgIpc) is 2.68. The first kappa shape index (κ1) is 21.0. The summed E-state index contributed by atoms with van der Waals surface area (Å²) in [6.07, 6.45) is 4.39. The summed E-state index contributed by atoms with van der Waals surface area (Å²) in [5, 5.41) is 0. The number of para-hydroxylation sites is 1. The highest BCUT2D eigenvalue weighted by Gasteiger charge is 2.14. The summed E-state index contributed by atoms with van der Waals surface area (Å²) in [7, 11) is 0. The molecule has 2 amide bonds. The second-order valence-electron chi connectivity index (χ2n) is 6.28. The molecule has 0 bridgehead atoms. The van der Waals surface area contributed by atoms with E-state index in [1.807, 2.05) is 19.1 Å². The second kappa shape index (κ2) is 10.7. The fourth-order valence-corrected chi connectivity index (χ4v) is 2.86. The van der Waals surface area contributed by atoms with Crippen LogP contribution in [0.4, 0.5) is 0 Å². The number of hydrogen-bond acceptors (Lipinski definition) is 3. The zero-order valence-corrected chi connectivity index (χ0v) is 17.3. The number of unbranched alkanes of at least 4 members (excludes halogenated alkanes) is 3. The maximum absolute atomic E-state index is 12.4. The van der Waals surface area contributed by atoms with Gasteiger partial charge in [-0.25, -0.2) is 0 Å². The second-order valence-corrected chi connectivity index (χ2v) is 7.13. The van der Waals surface area contributed by atoms with Crippen molar-refractivity contribution in [1.82, 2.24) is 10.9 Å². The van der Waals surface area contributed by atoms with Gasteiger partial charge < -0.3 is 4.74 Å². The van der Waals surface area contributed by atoms with E-state index in [9.17, 15) is 9.59 Å². The Morgan fingerprint density at radius 1 is 1.00 bits per heavy atom. The third-order valence-corrected chi connectivity index (χ3v) is 4.97. The third-order valence-electron chi connectivity index (χ3n) is 4.11. The summed E-state index contributed by atoms with van der Waals surface area (Å²) >= 11 is 3.40. The molecule has 2 rings (SSSR count). The number of amides is 2. The summed E-state index contributed by atoms with van der Waals surface area (Å²) in [5.74, 6) is -0.292. The average molecular weight is 433 g/mol. The van der Waals surface area contributed by atoms with E-state index in [-0.39, 0.29) is 5.91 Å². The SMILES string of the molecule is CCCCCCOc1ccccc1C(=O)NNC(=O)c1ccc(C)c(Br)c1. The molecule has 0 heterocycles. The lowest BCUT2D eigenvalue weighted by molar-refractivity contribution is 0.0844. The van der Waals surface area contributed by atoms with E-state index in [0.29, 0.717) is 23.5 Å². The van der Waals surface area contributed by atoms with Gasteiger partial charge in [0.25, 0.3) is 11.8 Å². The maximum Gasteiger partial charge on any atom is 0.273 e. The summed E-state index contributed by atoms with van der Waals surface area (Å²) < 4.78 is 6.58. The first-order valence-corrected chi connectivity index (χ1v) is 9.91. The van der Waals surface area contributed by atoms with Gasteiger partial charge in [0.2, 0.25) is 0 Å². The number of carbonyl (C=O) groups is 2. The van der Waals surface area contributed by atoms with Crippen molar-refractivity contribution < 1.29 is 14.3 Å². The summed E-state index contributed by atoms with van der Waals surface area (Å²) in [4.78, 5) is 24.7. The van der Waals surface area contributed by atoms with Gasteiger partial charge >= 0.3 is 0 Å². The lowest BCUT2D eigenvalue weighted by atomic mass is 10.1. The van der Waals surface area contributed by atoms with Crippen molar-refractivity contribution in [2.75, 3.05) is 6.61 Å². The number of rotatable bonds is 8. The first-order valence-electron chi connectivity index (χ1n) is 9.11. The molecule has 0 aliphatic rings. The minimum atomic E-state index is -0.418. The van der Waals surface area contributed by atoms with Crippen LogP contribution in [0.15, 0.2) is 46.9 Å². The minimum absolute atomic E-state index is 0.387. The standard InChI is InChI=1S/C21H25BrN2O3/c1-3-4-5-8-13-27-19-10-7-6-9-17(19)21(26)24-23-20(25)16-12-11-15(2)18(22)14-16/h6-7,9-12,14H,3-5,8,13H2,1-2H3,(H,23,25)(H,24,26). The van der Waals surface area contributed by atoms with Crippen molar-refractivity contribution in [2.24, 2.45) is 0 Å². The van der Waals surface area contributed by atoms with Crippen LogP contribution in [-0.2, 0) is 0 Å². The van der Waals surface area contributed by atoms with Gasteiger partial charge in [0.1, 0.15) is 5.75 Å². The van der Waals surface area contributed by atoms with Crippen molar-refractivity contribution in [3.8, 4) is 5.75 Å². The van der Waals surface area contributed by atoms with Gasteiger partial charge in [0, 0.05) is 10.0 Å². The third kappa shape index (κ3) is 6.40. The number of nitrogens with one attached hydrogen (secondary N) is 2. The fraction of sp³-hybridized carbons (Fsp3) is 0.333. The van der Waals surface area contributed by atoms with Gasteiger partial charge in [-0.15, -0.1) is 0 Å². The quantitative estimate of drug-likeness (QED) is 0.465. The minimum Gasteiger partial charge on any atom is -0.493 e. The zero-order chi connectivity index (χ0) is 19.6. The van der Waals surface area contributed by atoms with Crippen LogP contribution in [0.5, 0.6) is 5.75 Å². The number of aryl methyl sites for hydroxylation is 1. The molecule has 2 aromatic rings. The summed E-state index contributed by atoms with van der Waals surface area (Å²) in [6, 6.07) is 12.3. The maximum atomic E-state index is 12.4. The van der Waals surface area contributed by atoms with Crippen molar-refractivity contribution in [3.63, 3.8) is 0 Å². The van der Waals surface area contributed by atoms with Crippen LogP contribution in [0.1, 0.15) is 58.9 Å². The van der Waals surface area contributed by atoms with E-state index >= 15 is 0 Å². The molecule has 0 spiro atoms. The molecule has 0 unspecified atom stereocenters. The van der Waals surface area contributed by atoms with E-state index in [1.165, 1.54) is 6.42 Å². The molecule has 0 aromatic heterocycles. The Morgan fingerprint density at radius 2 is 1.74 bits per heavy atom. The van der Waals surface area contributed by atoms with E-state index in [0.717, 1.165) is 29.3 Å². The lowest BCUT2D eigenvalue weighted by Crippen LogP contribution is -2.41. The molecule has 0 radical (unpaired) electrons. The molecule has 6 heteroatoms. The van der Waals surface area contributed by atoms with Crippen LogP contribution in [-0.4, -0.2) is 18.4 Å². The highest BCUT2D eigenvalue weighted by molar-refractivity contribution is 9.10. The predicted molar refractivity (Wildman–Crippen MR) is 110 cm³/mol. The molecule has 0 saturated heterocycles. The smallest absolute Gasteiger partial charge is 0.273 e. The van der Waals surface area contributed by atoms with E-state index in [2.05, 4.69) is 33.7 Å². The Labute approximate surface area is 168 Å². The number of hydrazine groups is 1. The molecule has 0 fully saturated rings. The van der Waals surface area contributed by atoms with Crippen molar-refractivity contribution in [2.45, 2.75) is 39.5 Å². The van der Waals surface area contributed by atoms with Crippen LogP contribution in [0.3, 0.4) is 0 Å². The molecule has 0 aliphatic heterocycles. The monoisotopic (exact) mass is 432 g/mol. The molecule has 5 nitrogen and oxygen atoms in total. The van der Waals surface area contributed by atoms with E-state index < -0.39 is 5.91 Å². The van der Waals surface area contributed by atoms with Gasteiger partial charge in [-0.1, -0.05) is 60.3 Å². The summed E-state index contributed by atoms with van der Waals surface area (Å²) in [6.45, 7) is 4.66. The topological polar surface area (TPSA) is 67.4 Å². The Kier molecular flexibility index (Phi) is 8.33. The highest BCUT2D eigenvalue weighted by atomic mass is 79.9. The first-order chi connectivity index (χ1) is 13.0. The molecule has 144 valence electrons. The van der Waals surface area contributed by atoms with Crippen LogP contribution < -0.4 is 15.6 Å². The number of halogens is 1. The Balaban J connectivity index is 1.93. The van der Waals surface area contributed by atoms with E-state index in [4.69, 9.17) is 4.74 Å². The fourth-order valence-electron chi connectivity index (χ4n) is 2.48. The number of benzene rings is 2. The van der Waals surface area contributed by atoms with Crippen LogP contribution >= 0.6 is 15.9 Å². The van der Waals surface area contributed by atoms with Crippen molar-refractivity contribution >= 4 is 27.7 Å². The van der Waals surface area contributed by atoms with Crippen molar-refractivity contribution in [3.05, 3.63) is 63.6 Å². The predicted octanol–water partition coefficient (Wildman–Crippen LogP) is 4.79. The van der Waals surface area contributed by atoms with Gasteiger partial charge in [0.15, 0.2) is 0 Å². The van der Waals surface area contributed by atoms with E-state index in [1.54, 1.807) is 30.3 Å². The molecular weight excluding hydrogens is 408 g/mol. The molecule has 27 heavy (non-hydrogen) atoms. The Hall–Kier alpha value is -2.34. The van der Waals surface area contributed by atoms with Crippen LogP contribution in [0.25, 0.3) is 0 Å². The molecule has 0 aliphatic carbocycles. The van der Waals surface area contributed by atoms with Crippen molar-refractivity contribution in [1.29, 1.82) is 0 Å². The lowest BCUT2D eigenvalue weighted by Gasteiger charge is -2.12. The van der Waals surface area contributed by atoms with Gasteiger partial charge in [-0.2, -0.15) is 0 Å². The molecule has 2 aromatic carbocycles. The molecule has 0 atom stereocenters. The van der Waals surface area contributed by atoms with Gasteiger partial charge in [-0.05, 0) is 43.2 Å². The Bertz CT molecular complexity index is 793. The van der Waals surface area contributed by atoms with Crippen LogP contribution in [0.2, 0.25) is 0 Å². The molecular formula is C21H25BrN2O3.